The number of aromatic hydroxyl groups is 1. The smallest absolute Gasteiger partial charge is 0.154 e. The van der Waals surface area contributed by atoms with E-state index in [0.717, 1.165) is 24.0 Å². The van der Waals surface area contributed by atoms with E-state index in [2.05, 4.69) is 33.8 Å². The lowest BCUT2D eigenvalue weighted by atomic mass is 9.94. The van der Waals surface area contributed by atoms with Crippen molar-refractivity contribution in [3.8, 4) is 22.6 Å². The van der Waals surface area contributed by atoms with Crippen LogP contribution < -0.4 is 10.7 Å². The van der Waals surface area contributed by atoms with E-state index in [1.807, 2.05) is 24.3 Å². The van der Waals surface area contributed by atoms with Crippen LogP contribution in [0.15, 0.2) is 36.4 Å². The van der Waals surface area contributed by atoms with E-state index < -0.39 is 0 Å². The van der Waals surface area contributed by atoms with Crippen LogP contribution in [-0.2, 0) is 12.8 Å². The van der Waals surface area contributed by atoms with Gasteiger partial charge in [0.2, 0.25) is 0 Å². The molecule has 0 unspecified atom stereocenters. The van der Waals surface area contributed by atoms with Gasteiger partial charge in [0.1, 0.15) is 5.75 Å². The molecule has 2 rings (SSSR count). The zero-order valence-corrected chi connectivity index (χ0v) is 14.5. The van der Waals surface area contributed by atoms with Crippen LogP contribution in [0.25, 0.3) is 11.1 Å². The Balaban J connectivity index is 2.50. The van der Waals surface area contributed by atoms with Gasteiger partial charge in [0, 0.05) is 11.1 Å². The van der Waals surface area contributed by atoms with E-state index in [9.17, 15) is 5.11 Å². The Morgan fingerprint density at radius 3 is 1.91 bits per heavy atom. The normalized spacial score (nSPS) is 11.3. The first-order valence-corrected chi connectivity index (χ1v) is 8.22. The summed E-state index contributed by atoms with van der Waals surface area (Å²) in [6.07, 6.45) is 1.95. The number of hydrogen-bond donors (Lipinski definition) is 2. The fraction of sp³-hybridized carbons (Fsp3) is 0.400. The Hall–Kier alpha value is -2.00. The minimum atomic E-state index is 0.248. The second kappa shape index (κ2) is 7.51. The zero-order valence-electron chi connectivity index (χ0n) is 14.5. The van der Waals surface area contributed by atoms with Gasteiger partial charge in [0.15, 0.2) is 5.75 Å². The summed E-state index contributed by atoms with van der Waals surface area (Å²) in [6, 6.07) is 11.7. The van der Waals surface area contributed by atoms with Crippen molar-refractivity contribution in [2.75, 3.05) is 0 Å². The van der Waals surface area contributed by atoms with E-state index in [4.69, 9.17) is 10.7 Å². The van der Waals surface area contributed by atoms with Gasteiger partial charge >= 0.3 is 0 Å². The zero-order chi connectivity index (χ0) is 17.0. The first kappa shape index (κ1) is 17.4. The van der Waals surface area contributed by atoms with E-state index >= 15 is 0 Å². The van der Waals surface area contributed by atoms with Crippen molar-refractivity contribution in [2.45, 2.75) is 40.5 Å². The molecule has 0 heterocycles. The SMILES string of the molecule is CC(C)Cc1ccc(O)c(-c2cc(CC(C)C)ccc2ON)c1. The van der Waals surface area contributed by atoms with Gasteiger partial charge in [-0.05, 0) is 60.1 Å². The molecule has 0 bridgehead atoms. The summed E-state index contributed by atoms with van der Waals surface area (Å²) in [5, 5.41) is 10.3. The minimum Gasteiger partial charge on any atom is -0.507 e. The molecule has 0 saturated heterocycles. The van der Waals surface area contributed by atoms with Crippen LogP contribution in [0, 0.1) is 11.8 Å². The lowest BCUT2D eigenvalue weighted by Gasteiger charge is -2.14. The van der Waals surface area contributed by atoms with Crippen LogP contribution in [0.5, 0.6) is 11.5 Å². The number of benzene rings is 2. The van der Waals surface area contributed by atoms with Gasteiger partial charge in [-0.25, -0.2) is 0 Å². The maximum absolute atomic E-state index is 10.3. The Morgan fingerprint density at radius 2 is 1.39 bits per heavy atom. The average Bonchev–Trinajstić information content (AvgIpc) is 2.48. The highest BCUT2D eigenvalue weighted by Crippen LogP contribution is 2.37. The lowest BCUT2D eigenvalue weighted by Crippen LogP contribution is -2.04. The molecule has 3 nitrogen and oxygen atoms in total. The summed E-state index contributed by atoms with van der Waals surface area (Å²) in [4.78, 5) is 5.02. The number of hydrogen-bond acceptors (Lipinski definition) is 3. The second-order valence-corrected chi connectivity index (χ2v) is 7.00. The Morgan fingerprint density at radius 1 is 0.870 bits per heavy atom. The molecule has 0 fully saturated rings. The van der Waals surface area contributed by atoms with E-state index in [-0.39, 0.29) is 5.75 Å². The van der Waals surface area contributed by atoms with Gasteiger partial charge in [-0.1, -0.05) is 39.8 Å². The fourth-order valence-electron chi connectivity index (χ4n) is 2.89. The van der Waals surface area contributed by atoms with E-state index in [1.54, 1.807) is 6.07 Å². The first-order valence-electron chi connectivity index (χ1n) is 8.22. The molecule has 0 radical (unpaired) electrons. The van der Waals surface area contributed by atoms with Crippen LogP contribution in [0.2, 0.25) is 0 Å². The number of phenols is 1. The van der Waals surface area contributed by atoms with Crippen molar-refractivity contribution in [3.05, 3.63) is 47.5 Å². The highest BCUT2D eigenvalue weighted by Gasteiger charge is 2.13. The van der Waals surface area contributed by atoms with E-state index in [1.165, 1.54) is 11.1 Å². The molecule has 0 aliphatic carbocycles. The molecule has 0 saturated carbocycles. The third-order valence-corrected chi connectivity index (χ3v) is 3.81. The maximum Gasteiger partial charge on any atom is 0.154 e. The van der Waals surface area contributed by atoms with Gasteiger partial charge in [-0.15, -0.1) is 0 Å². The van der Waals surface area contributed by atoms with Crippen molar-refractivity contribution < 1.29 is 9.94 Å². The molecule has 3 N–H and O–H groups in total. The van der Waals surface area contributed by atoms with Gasteiger partial charge in [-0.3, -0.25) is 0 Å². The van der Waals surface area contributed by atoms with Crippen LogP contribution in [-0.4, -0.2) is 5.11 Å². The third-order valence-electron chi connectivity index (χ3n) is 3.81. The van der Waals surface area contributed by atoms with Crippen LogP contribution in [0.4, 0.5) is 0 Å². The molecular formula is C20H27NO2. The molecule has 0 aliphatic heterocycles. The summed E-state index contributed by atoms with van der Waals surface area (Å²) in [5.74, 6) is 7.38. The Bertz CT molecular complexity index is 663. The van der Waals surface area contributed by atoms with Crippen molar-refractivity contribution in [1.29, 1.82) is 0 Å². The summed E-state index contributed by atoms with van der Waals surface area (Å²) in [6.45, 7) is 8.75. The summed E-state index contributed by atoms with van der Waals surface area (Å²) in [7, 11) is 0. The average molecular weight is 313 g/mol. The predicted octanol–water partition coefficient (Wildman–Crippen LogP) is 4.71. The summed E-state index contributed by atoms with van der Waals surface area (Å²) >= 11 is 0. The van der Waals surface area contributed by atoms with Crippen molar-refractivity contribution in [3.63, 3.8) is 0 Å². The quantitative estimate of drug-likeness (QED) is 0.759. The Labute approximate surface area is 139 Å². The van der Waals surface area contributed by atoms with E-state index in [0.29, 0.717) is 17.6 Å². The summed E-state index contributed by atoms with van der Waals surface area (Å²) in [5.41, 5.74) is 4.03. The molecule has 0 spiro atoms. The third kappa shape index (κ3) is 4.49. The number of rotatable bonds is 6. The highest BCUT2D eigenvalue weighted by molar-refractivity contribution is 5.76. The molecule has 124 valence electrons. The largest absolute Gasteiger partial charge is 0.507 e. The Kier molecular flexibility index (Phi) is 5.67. The molecule has 2 aromatic rings. The molecule has 0 aromatic heterocycles. The number of nitrogens with two attached hydrogens (primary N) is 1. The fourth-order valence-corrected chi connectivity index (χ4v) is 2.89. The standard InChI is InChI=1S/C20H27NO2/c1-13(2)9-15-5-7-19(22)17(11-15)18-12-16(10-14(3)4)6-8-20(18)23-21/h5-8,11-14,22H,9-10,21H2,1-4H3. The maximum atomic E-state index is 10.3. The molecule has 3 heteroatoms. The molecule has 0 aliphatic rings. The molecule has 0 atom stereocenters. The lowest BCUT2D eigenvalue weighted by molar-refractivity contribution is 0.335. The van der Waals surface area contributed by atoms with Crippen LogP contribution >= 0.6 is 0 Å². The first-order chi connectivity index (χ1) is 10.9. The minimum absolute atomic E-state index is 0.248. The topological polar surface area (TPSA) is 55.5 Å². The van der Waals surface area contributed by atoms with Crippen LogP contribution in [0.3, 0.4) is 0 Å². The van der Waals surface area contributed by atoms with Gasteiger partial charge < -0.3 is 9.94 Å². The van der Waals surface area contributed by atoms with Gasteiger partial charge in [0.25, 0.3) is 0 Å². The van der Waals surface area contributed by atoms with Crippen molar-refractivity contribution in [1.82, 2.24) is 0 Å². The monoisotopic (exact) mass is 313 g/mol. The number of phenolic OH excluding ortho intramolecular Hbond substituents is 1. The highest BCUT2D eigenvalue weighted by atomic mass is 16.6. The molecule has 23 heavy (non-hydrogen) atoms. The van der Waals surface area contributed by atoms with Gasteiger partial charge in [-0.2, -0.15) is 5.90 Å². The second-order valence-electron chi connectivity index (χ2n) is 7.00. The predicted molar refractivity (Wildman–Crippen MR) is 95.4 cm³/mol. The molecule has 0 amide bonds. The summed E-state index contributed by atoms with van der Waals surface area (Å²) < 4.78 is 0. The van der Waals surface area contributed by atoms with Crippen LogP contribution in [0.1, 0.15) is 38.8 Å². The van der Waals surface area contributed by atoms with Gasteiger partial charge in [0.05, 0.1) is 0 Å². The van der Waals surface area contributed by atoms with Crippen molar-refractivity contribution >= 4 is 0 Å². The van der Waals surface area contributed by atoms with Crippen molar-refractivity contribution in [2.24, 2.45) is 17.7 Å². The molecule has 2 aromatic carbocycles. The molecular weight excluding hydrogens is 286 g/mol.